The second-order valence-electron chi connectivity index (χ2n) is 11.0. The highest BCUT2D eigenvalue weighted by Crippen LogP contribution is 2.32. The first kappa shape index (κ1) is 26.6. The Bertz CT molecular complexity index is 1070. The maximum absolute atomic E-state index is 12.9. The van der Waals surface area contributed by atoms with E-state index in [4.69, 9.17) is 4.74 Å². The summed E-state index contributed by atoms with van der Waals surface area (Å²) in [4.78, 5) is 30.8. The first-order valence-corrected chi connectivity index (χ1v) is 14.4. The zero-order valence-corrected chi connectivity index (χ0v) is 22.6. The second-order valence-corrected chi connectivity index (χ2v) is 11.0. The molecule has 0 saturated carbocycles. The third kappa shape index (κ3) is 6.52. The lowest BCUT2D eigenvalue weighted by atomic mass is 9.85. The lowest BCUT2D eigenvalue weighted by molar-refractivity contribution is -0.137. The van der Waals surface area contributed by atoms with Crippen LogP contribution in [0.4, 0.5) is 5.95 Å². The predicted octanol–water partition coefficient (Wildman–Crippen LogP) is 4.14. The van der Waals surface area contributed by atoms with Crippen molar-refractivity contribution in [2.24, 2.45) is 17.8 Å². The largest absolute Gasteiger partial charge is 0.477 e. The van der Waals surface area contributed by atoms with Crippen LogP contribution >= 0.6 is 0 Å². The molecule has 1 aliphatic carbocycles. The van der Waals surface area contributed by atoms with Gasteiger partial charge in [0.25, 0.3) is 0 Å². The molecule has 0 bridgehead atoms. The molecule has 2 aromatic rings. The molecule has 1 atom stereocenters. The van der Waals surface area contributed by atoms with Gasteiger partial charge < -0.3 is 19.6 Å². The van der Waals surface area contributed by atoms with Crippen LogP contribution in [-0.4, -0.2) is 70.3 Å². The summed E-state index contributed by atoms with van der Waals surface area (Å²) in [6, 6.07) is 4.06. The molecule has 204 valence electrons. The molecule has 1 amide bonds. The second kappa shape index (κ2) is 12.7. The number of aromatic nitrogens is 3. The van der Waals surface area contributed by atoms with Crippen LogP contribution in [0, 0.1) is 17.8 Å². The molecule has 2 fully saturated rings. The highest BCUT2D eigenvalue weighted by molar-refractivity contribution is 5.80. The van der Waals surface area contributed by atoms with Gasteiger partial charge in [-0.3, -0.25) is 4.79 Å². The van der Waals surface area contributed by atoms with Gasteiger partial charge in [-0.2, -0.15) is 0 Å². The van der Waals surface area contributed by atoms with E-state index in [0.29, 0.717) is 24.3 Å². The van der Waals surface area contributed by atoms with Crippen LogP contribution in [0.1, 0.15) is 63.0 Å². The Morgan fingerprint density at radius 2 is 1.71 bits per heavy atom. The minimum absolute atomic E-state index is 0.0775. The van der Waals surface area contributed by atoms with Crippen molar-refractivity contribution in [3.63, 3.8) is 0 Å². The predicted molar refractivity (Wildman–Crippen MR) is 148 cm³/mol. The molecule has 38 heavy (non-hydrogen) atoms. The SMILES string of the molecule is CCc1cnc(N2CCC(COc3ccc(C4=CCC(C(=O)N5CCC(CO)CC5)CC4)cn3)CC2)nc1. The van der Waals surface area contributed by atoms with Gasteiger partial charge in [0, 0.05) is 63.4 Å². The highest BCUT2D eigenvalue weighted by atomic mass is 16.5. The number of likely N-dealkylation sites (tertiary alicyclic amines) is 1. The molecule has 3 aliphatic rings. The average Bonchev–Trinajstić information content (AvgIpc) is 3.00. The van der Waals surface area contributed by atoms with Gasteiger partial charge in [0.2, 0.25) is 17.7 Å². The number of anilines is 1. The molecule has 1 N–H and O–H groups in total. The minimum Gasteiger partial charge on any atom is -0.477 e. The van der Waals surface area contributed by atoms with E-state index < -0.39 is 0 Å². The van der Waals surface area contributed by atoms with Crippen LogP contribution in [0.2, 0.25) is 0 Å². The fraction of sp³-hybridized carbons (Fsp3) is 0.600. The molecule has 0 aromatic carbocycles. The number of rotatable bonds is 8. The van der Waals surface area contributed by atoms with Gasteiger partial charge in [0.15, 0.2) is 0 Å². The summed E-state index contributed by atoms with van der Waals surface area (Å²) in [5.41, 5.74) is 3.56. The monoisotopic (exact) mass is 519 g/mol. The quantitative estimate of drug-likeness (QED) is 0.560. The molecule has 8 nitrogen and oxygen atoms in total. The maximum atomic E-state index is 12.9. The number of nitrogens with zero attached hydrogens (tertiary/aromatic N) is 5. The normalized spacial score (nSPS) is 21.3. The van der Waals surface area contributed by atoms with Crippen LogP contribution in [0.5, 0.6) is 5.88 Å². The minimum atomic E-state index is 0.0775. The van der Waals surface area contributed by atoms with Crippen LogP contribution < -0.4 is 9.64 Å². The molecular formula is C30H41N5O3. The number of allylic oxidation sites excluding steroid dienone is 2. The van der Waals surface area contributed by atoms with E-state index in [1.807, 2.05) is 29.6 Å². The number of pyridine rings is 1. The van der Waals surface area contributed by atoms with Crippen molar-refractivity contribution in [2.75, 3.05) is 44.3 Å². The number of hydrogen-bond acceptors (Lipinski definition) is 7. The summed E-state index contributed by atoms with van der Waals surface area (Å²) in [6.07, 6.45) is 15.5. The van der Waals surface area contributed by atoms with Crippen molar-refractivity contribution in [2.45, 2.75) is 58.3 Å². The number of carbonyl (C=O) groups excluding carboxylic acids is 1. The summed E-state index contributed by atoms with van der Waals surface area (Å²) in [5, 5.41) is 9.34. The highest BCUT2D eigenvalue weighted by Gasteiger charge is 2.29. The van der Waals surface area contributed by atoms with Crippen LogP contribution in [0.3, 0.4) is 0 Å². The number of ether oxygens (including phenoxy) is 1. The van der Waals surface area contributed by atoms with E-state index in [2.05, 4.69) is 38.9 Å². The van der Waals surface area contributed by atoms with E-state index >= 15 is 0 Å². The van der Waals surface area contributed by atoms with Crippen LogP contribution in [0.15, 0.2) is 36.8 Å². The molecule has 0 radical (unpaired) electrons. The summed E-state index contributed by atoms with van der Waals surface area (Å²) in [6.45, 7) is 6.49. The van der Waals surface area contributed by atoms with Gasteiger partial charge in [0.05, 0.1) is 6.61 Å². The average molecular weight is 520 g/mol. The number of amides is 1. The van der Waals surface area contributed by atoms with Gasteiger partial charge in [-0.05, 0) is 86.0 Å². The standard InChI is InChI=1S/C30H41N5O3/c1-2-22-17-32-30(33-18-22)35-15-11-24(12-16-35)21-38-28-8-7-27(19-31-28)25-3-5-26(6-4-25)29(37)34-13-9-23(20-36)10-14-34/h3,7-8,17-19,23-24,26,36H,2,4-6,9-16,20-21H2,1H3. The summed E-state index contributed by atoms with van der Waals surface area (Å²) >= 11 is 0. The fourth-order valence-corrected chi connectivity index (χ4v) is 5.77. The van der Waals surface area contributed by atoms with E-state index in [9.17, 15) is 9.90 Å². The van der Waals surface area contributed by atoms with E-state index in [0.717, 1.165) is 89.1 Å². The molecule has 2 saturated heterocycles. The molecule has 2 aromatic heterocycles. The molecule has 1 unspecified atom stereocenters. The number of aliphatic hydroxyl groups is 1. The Balaban J connectivity index is 1.05. The Kier molecular flexibility index (Phi) is 8.89. The number of aliphatic hydroxyl groups excluding tert-OH is 1. The van der Waals surface area contributed by atoms with Crippen molar-refractivity contribution in [1.82, 2.24) is 19.9 Å². The Morgan fingerprint density at radius 1 is 0.974 bits per heavy atom. The van der Waals surface area contributed by atoms with Gasteiger partial charge in [-0.15, -0.1) is 0 Å². The topological polar surface area (TPSA) is 91.7 Å². The number of aryl methyl sites for hydroxylation is 1. The maximum Gasteiger partial charge on any atom is 0.226 e. The number of piperidine rings is 2. The van der Waals surface area contributed by atoms with Crippen LogP contribution in [-0.2, 0) is 11.2 Å². The molecule has 0 spiro atoms. The molecule has 5 rings (SSSR count). The van der Waals surface area contributed by atoms with Crippen molar-refractivity contribution in [1.29, 1.82) is 0 Å². The zero-order valence-electron chi connectivity index (χ0n) is 22.6. The van der Waals surface area contributed by atoms with Gasteiger partial charge in [-0.25, -0.2) is 15.0 Å². The molecular weight excluding hydrogens is 478 g/mol. The van der Waals surface area contributed by atoms with E-state index in [-0.39, 0.29) is 18.4 Å². The third-order valence-corrected chi connectivity index (χ3v) is 8.52. The van der Waals surface area contributed by atoms with E-state index in [1.165, 1.54) is 11.1 Å². The van der Waals surface area contributed by atoms with Crippen LogP contribution in [0.25, 0.3) is 5.57 Å². The summed E-state index contributed by atoms with van der Waals surface area (Å²) in [5.74, 6) is 2.72. The lowest BCUT2D eigenvalue weighted by Gasteiger charge is -2.34. The Hall–Kier alpha value is -3.00. The molecule has 8 heteroatoms. The third-order valence-electron chi connectivity index (χ3n) is 8.52. The van der Waals surface area contributed by atoms with Gasteiger partial charge in [-0.1, -0.05) is 13.0 Å². The molecule has 2 aliphatic heterocycles. The molecule has 4 heterocycles. The number of carbonyl (C=O) groups is 1. The van der Waals surface area contributed by atoms with Gasteiger partial charge in [0.1, 0.15) is 0 Å². The van der Waals surface area contributed by atoms with Gasteiger partial charge >= 0.3 is 0 Å². The summed E-state index contributed by atoms with van der Waals surface area (Å²) < 4.78 is 6.04. The van der Waals surface area contributed by atoms with E-state index in [1.54, 1.807) is 0 Å². The zero-order chi connectivity index (χ0) is 26.3. The first-order valence-electron chi connectivity index (χ1n) is 14.4. The summed E-state index contributed by atoms with van der Waals surface area (Å²) in [7, 11) is 0. The Morgan fingerprint density at radius 3 is 2.32 bits per heavy atom. The smallest absolute Gasteiger partial charge is 0.226 e. The van der Waals surface area contributed by atoms with Crippen molar-refractivity contribution >= 4 is 17.4 Å². The fourth-order valence-electron chi connectivity index (χ4n) is 5.77. The van der Waals surface area contributed by atoms with Crippen molar-refractivity contribution in [3.05, 3.63) is 47.9 Å². The lowest BCUT2D eigenvalue weighted by Crippen LogP contribution is -2.42. The van der Waals surface area contributed by atoms with Crippen molar-refractivity contribution in [3.8, 4) is 5.88 Å². The number of hydrogen-bond donors (Lipinski definition) is 1. The Labute approximate surface area is 226 Å². The van der Waals surface area contributed by atoms with Crippen molar-refractivity contribution < 1.29 is 14.6 Å². The first-order chi connectivity index (χ1) is 18.6.